The first-order chi connectivity index (χ1) is 15.4. The Morgan fingerprint density at radius 2 is 2.06 bits per heavy atom. The van der Waals surface area contributed by atoms with Gasteiger partial charge in [0.15, 0.2) is 0 Å². The summed E-state index contributed by atoms with van der Waals surface area (Å²) in [5, 5.41) is 36.3. The maximum atomic E-state index is 10.2. The molecule has 2 aromatic heterocycles. The van der Waals surface area contributed by atoms with Gasteiger partial charge in [0.2, 0.25) is 5.95 Å². The molecule has 4 N–H and O–H groups in total. The van der Waals surface area contributed by atoms with Gasteiger partial charge in [0.25, 0.3) is 0 Å². The summed E-state index contributed by atoms with van der Waals surface area (Å²) in [6, 6.07) is 12.1. The Labute approximate surface area is 187 Å². The lowest BCUT2D eigenvalue weighted by molar-refractivity contribution is 0.00926. The van der Waals surface area contributed by atoms with E-state index in [1.54, 1.807) is 6.07 Å². The Morgan fingerprint density at radius 3 is 2.81 bits per heavy atom. The highest BCUT2D eigenvalue weighted by Gasteiger charge is 2.35. The molecule has 4 rings (SSSR count). The number of aromatic nitrogens is 3. The Balaban J connectivity index is 1.40. The van der Waals surface area contributed by atoms with Crippen molar-refractivity contribution in [2.45, 2.75) is 51.7 Å². The van der Waals surface area contributed by atoms with Crippen LogP contribution in [0.25, 0.3) is 10.9 Å². The molecule has 0 aliphatic heterocycles. The molecule has 8 nitrogen and oxygen atoms in total. The zero-order valence-electron chi connectivity index (χ0n) is 18.3. The second kappa shape index (κ2) is 8.86. The van der Waals surface area contributed by atoms with Crippen LogP contribution in [0.1, 0.15) is 49.9 Å². The largest absolute Gasteiger partial charge is 0.393 e. The van der Waals surface area contributed by atoms with Gasteiger partial charge >= 0.3 is 0 Å². The van der Waals surface area contributed by atoms with Crippen molar-refractivity contribution in [2.24, 2.45) is 5.41 Å². The molecule has 1 aliphatic rings. The standard InChI is InChI=1S/C24H27N7O/c1-24(2)11-19(4-6-21(24)32)30-22-17(13-26)14-28-23(31-22)27-8-7-18-10-16-9-15(12-25)3-5-20(16)29-18/h3,5,9-10,14,19,21,29,32H,4,6-8,11H2,1-2H3,(H2,27,28,30,31)/t19-,21+/m1/s1. The minimum Gasteiger partial charge on any atom is -0.393 e. The van der Waals surface area contributed by atoms with E-state index in [0.29, 0.717) is 29.4 Å². The van der Waals surface area contributed by atoms with Crippen LogP contribution in [-0.2, 0) is 6.42 Å². The molecule has 0 spiro atoms. The second-order valence-corrected chi connectivity index (χ2v) is 9.08. The lowest BCUT2D eigenvalue weighted by Gasteiger charge is -2.40. The number of nitrogens with one attached hydrogen (secondary N) is 3. The van der Waals surface area contributed by atoms with Gasteiger partial charge < -0.3 is 20.7 Å². The number of fused-ring (bicyclic) bond motifs is 1. The van der Waals surface area contributed by atoms with E-state index in [1.807, 2.05) is 18.2 Å². The Hall–Kier alpha value is -3.62. The van der Waals surface area contributed by atoms with Crippen molar-refractivity contribution in [1.82, 2.24) is 15.0 Å². The molecular formula is C24H27N7O. The number of H-pyrrole nitrogens is 1. The third-order valence-corrected chi connectivity index (χ3v) is 6.20. The smallest absolute Gasteiger partial charge is 0.224 e. The summed E-state index contributed by atoms with van der Waals surface area (Å²) in [4.78, 5) is 12.2. The van der Waals surface area contributed by atoms with Gasteiger partial charge in [-0.3, -0.25) is 0 Å². The molecule has 32 heavy (non-hydrogen) atoms. The monoisotopic (exact) mass is 429 g/mol. The fraction of sp³-hybridized carbons (Fsp3) is 0.417. The average Bonchev–Trinajstić information content (AvgIpc) is 3.18. The van der Waals surface area contributed by atoms with Gasteiger partial charge in [-0.25, -0.2) is 4.98 Å². The van der Waals surface area contributed by atoms with Crippen molar-refractivity contribution in [3.63, 3.8) is 0 Å². The predicted octanol–water partition coefficient (Wildman–Crippen LogP) is 3.71. The number of aliphatic hydroxyl groups excluding tert-OH is 1. The number of rotatable bonds is 6. The number of hydrogen-bond acceptors (Lipinski definition) is 7. The topological polar surface area (TPSA) is 133 Å². The highest BCUT2D eigenvalue weighted by atomic mass is 16.3. The van der Waals surface area contributed by atoms with Gasteiger partial charge in [0.05, 0.1) is 23.9 Å². The summed E-state index contributed by atoms with van der Waals surface area (Å²) in [6.45, 7) is 4.75. The molecule has 1 aromatic carbocycles. The van der Waals surface area contributed by atoms with E-state index >= 15 is 0 Å². The number of benzene rings is 1. The van der Waals surface area contributed by atoms with Crippen LogP contribution in [0.5, 0.6) is 0 Å². The van der Waals surface area contributed by atoms with Crippen LogP contribution < -0.4 is 10.6 Å². The molecule has 1 fully saturated rings. The van der Waals surface area contributed by atoms with E-state index in [9.17, 15) is 10.4 Å². The zero-order chi connectivity index (χ0) is 22.7. The van der Waals surface area contributed by atoms with E-state index < -0.39 is 0 Å². The van der Waals surface area contributed by atoms with Crippen molar-refractivity contribution >= 4 is 22.7 Å². The Bertz CT molecular complexity index is 1200. The van der Waals surface area contributed by atoms with Crippen molar-refractivity contribution < 1.29 is 5.11 Å². The summed E-state index contributed by atoms with van der Waals surface area (Å²) in [5.74, 6) is 0.987. The minimum absolute atomic E-state index is 0.146. The van der Waals surface area contributed by atoms with Gasteiger partial charge in [0, 0.05) is 35.6 Å². The summed E-state index contributed by atoms with van der Waals surface area (Å²) < 4.78 is 0. The van der Waals surface area contributed by atoms with Crippen molar-refractivity contribution in [1.29, 1.82) is 10.5 Å². The molecule has 3 aromatic rings. The van der Waals surface area contributed by atoms with Crippen LogP contribution in [0, 0.1) is 28.1 Å². The lowest BCUT2D eigenvalue weighted by Crippen LogP contribution is -2.41. The van der Waals surface area contributed by atoms with E-state index in [2.05, 4.69) is 51.6 Å². The minimum atomic E-state index is -0.310. The second-order valence-electron chi connectivity index (χ2n) is 9.08. The van der Waals surface area contributed by atoms with E-state index in [1.165, 1.54) is 6.20 Å². The van der Waals surface area contributed by atoms with E-state index in [4.69, 9.17) is 5.26 Å². The number of aromatic amines is 1. The molecule has 2 heterocycles. The molecule has 1 aliphatic carbocycles. The average molecular weight is 430 g/mol. The summed E-state index contributed by atoms with van der Waals surface area (Å²) in [5.41, 5.74) is 2.93. The Morgan fingerprint density at radius 1 is 1.22 bits per heavy atom. The van der Waals surface area contributed by atoms with Crippen LogP contribution in [0.3, 0.4) is 0 Å². The van der Waals surface area contributed by atoms with Crippen molar-refractivity contribution in [3.05, 3.63) is 47.3 Å². The van der Waals surface area contributed by atoms with Gasteiger partial charge in [-0.1, -0.05) is 13.8 Å². The van der Waals surface area contributed by atoms with Gasteiger partial charge in [-0.2, -0.15) is 15.5 Å². The SMILES string of the molecule is CC1(C)C[C@H](Nc2nc(NCCc3cc4cc(C#N)ccc4[nH]3)ncc2C#N)CC[C@@H]1O. The number of hydrogen-bond donors (Lipinski definition) is 4. The van der Waals surface area contributed by atoms with Gasteiger partial charge in [0.1, 0.15) is 17.5 Å². The lowest BCUT2D eigenvalue weighted by atomic mass is 9.73. The Kier molecular flexibility index (Phi) is 5.98. The zero-order valence-corrected chi connectivity index (χ0v) is 18.3. The number of anilines is 2. The molecule has 8 heteroatoms. The predicted molar refractivity (Wildman–Crippen MR) is 123 cm³/mol. The first-order valence-corrected chi connectivity index (χ1v) is 10.9. The van der Waals surface area contributed by atoms with Crippen LogP contribution >= 0.6 is 0 Å². The highest BCUT2D eigenvalue weighted by molar-refractivity contribution is 5.81. The first kappa shape index (κ1) is 21.6. The molecular weight excluding hydrogens is 402 g/mol. The van der Waals surface area contributed by atoms with Gasteiger partial charge in [-0.05, 0) is 48.9 Å². The van der Waals surface area contributed by atoms with Crippen molar-refractivity contribution in [2.75, 3.05) is 17.2 Å². The third-order valence-electron chi connectivity index (χ3n) is 6.20. The highest BCUT2D eigenvalue weighted by Crippen LogP contribution is 2.37. The van der Waals surface area contributed by atoms with E-state index in [0.717, 1.165) is 42.3 Å². The van der Waals surface area contributed by atoms with Crippen LogP contribution in [0.4, 0.5) is 11.8 Å². The van der Waals surface area contributed by atoms with Crippen LogP contribution in [0.15, 0.2) is 30.5 Å². The molecule has 1 saturated carbocycles. The number of nitriles is 2. The molecule has 0 amide bonds. The van der Waals surface area contributed by atoms with E-state index in [-0.39, 0.29) is 17.6 Å². The maximum absolute atomic E-state index is 10.2. The molecule has 0 radical (unpaired) electrons. The third kappa shape index (κ3) is 4.66. The molecule has 0 bridgehead atoms. The fourth-order valence-corrected chi connectivity index (χ4v) is 4.30. The quantitative estimate of drug-likeness (QED) is 0.469. The van der Waals surface area contributed by atoms with Crippen molar-refractivity contribution in [3.8, 4) is 12.1 Å². The molecule has 2 atom stereocenters. The maximum Gasteiger partial charge on any atom is 0.224 e. The molecule has 0 saturated heterocycles. The van der Waals surface area contributed by atoms with Crippen LogP contribution in [-0.4, -0.2) is 38.7 Å². The van der Waals surface area contributed by atoms with Gasteiger partial charge in [-0.15, -0.1) is 0 Å². The number of nitrogens with zero attached hydrogens (tertiary/aromatic N) is 4. The summed E-state index contributed by atoms with van der Waals surface area (Å²) in [6.07, 6.45) is 4.32. The summed E-state index contributed by atoms with van der Waals surface area (Å²) >= 11 is 0. The normalized spacial score (nSPS) is 19.8. The molecule has 0 unspecified atom stereocenters. The van der Waals surface area contributed by atoms with Crippen LogP contribution in [0.2, 0.25) is 0 Å². The fourth-order valence-electron chi connectivity index (χ4n) is 4.30. The first-order valence-electron chi connectivity index (χ1n) is 10.9. The number of aliphatic hydroxyl groups is 1. The molecule has 164 valence electrons. The summed E-state index contributed by atoms with van der Waals surface area (Å²) in [7, 11) is 0.